The van der Waals surface area contributed by atoms with Crippen LogP contribution in [0.5, 0.6) is 0 Å². The number of fused-ring (bicyclic) bond motifs is 1. The van der Waals surface area contributed by atoms with Crippen LogP contribution in [0.15, 0.2) is 12.3 Å². The van der Waals surface area contributed by atoms with Crippen LogP contribution in [0.4, 0.5) is 5.69 Å². The van der Waals surface area contributed by atoms with E-state index in [1.54, 1.807) is 23.8 Å². The second-order valence-electron chi connectivity index (χ2n) is 3.45. The van der Waals surface area contributed by atoms with Crippen molar-refractivity contribution >= 4 is 22.7 Å². The fourth-order valence-electron chi connectivity index (χ4n) is 1.63. The van der Waals surface area contributed by atoms with Gasteiger partial charge < -0.3 is 15.4 Å². The Labute approximate surface area is 86.1 Å². The maximum Gasteiger partial charge on any atom is 0.338 e. The Morgan fingerprint density at radius 3 is 2.87 bits per heavy atom. The molecule has 5 heteroatoms. The molecular formula is C10H11N3O2. The number of hydrogen-bond acceptors (Lipinski definition) is 3. The molecule has 2 aromatic rings. The van der Waals surface area contributed by atoms with Crippen molar-refractivity contribution in [1.29, 1.82) is 0 Å². The highest BCUT2D eigenvalue weighted by atomic mass is 16.4. The van der Waals surface area contributed by atoms with Gasteiger partial charge in [0.25, 0.3) is 0 Å². The van der Waals surface area contributed by atoms with E-state index in [1.165, 1.54) is 0 Å². The van der Waals surface area contributed by atoms with Gasteiger partial charge >= 0.3 is 5.97 Å². The van der Waals surface area contributed by atoms with E-state index in [1.807, 2.05) is 7.05 Å². The first-order valence-corrected chi connectivity index (χ1v) is 4.46. The summed E-state index contributed by atoms with van der Waals surface area (Å²) in [6, 6.07) is 1.71. The molecule has 2 rings (SSSR count). The second-order valence-corrected chi connectivity index (χ2v) is 3.45. The summed E-state index contributed by atoms with van der Waals surface area (Å²) in [6.45, 7) is 1.70. The molecule has 3 N–H and O–H groups in total. The maximum absolute atomic E-state index is 11.1. The molecule has 0 aromatic carbocycles. The van der Waals surface area contributed by atoms with Gasteiger partial charge in [0.05, 0.1) is 16.9 Å². The first-order valence-electron chi connectivity index (χ1n) is 4.46. The van der Waals surface area contributed by atoms with Gasteiger partial charge in [-0.25, -0.2) is 9.78 Å². The van der Waals surface area contributed by atoms with E-state index in [-0.39, 0.29) is 11.3 Å². The van der Waals surface area contributed by atoms with Gasteiger partial charge in [-0.15, -0.1) is 0 Å². The number of carboxylic acids is 1. The average molecular weight is 205 g/mol. The van der Waals surface area contributed by atoms with Gasteiger partial charge in [0.1, 0.15) is 5.65 Å². The molecule has 0 spiro atoms. The number of carbonyl (C=O) groups is 1. The number of anilines is 1. The summed E-state index contributed by atoms with van der Waals surface area (Å²) >= 11 is 0. The van der Waals surface area contributed by atoms with Gasteiger partial charge in [0.2, 0.25) is 0 Å². The summed E-state index contributed by atoms with van der Waals surface area (Å²) < 4.78 is 1.77. The SMILES string of the molecule is Cc1nc2c(ccn2C)c(C(=O)O)c1N. The molecule has 2 aromatic heterocycles. The van der Waals surface area contributed by atoms with E-state index in [9.17, 15) is 4.79 Å². The minimum atomic E-state index is -1.02. The van der Waals surface area contributed by atoms with Crippen LogP contribution in [0.25, 0.3) is 11.0 Å². The molecule has 0 radical (unpaired) electrons. The van der Waals surface area contributed by atoms with Crippen molar-refractivity contribution in [3.63, 3.8) is 0 Å². The number of pyridine rings is 1. The standard InChI is InChI=1S/C10H11N3O2/c1-5-8(11)7(10(14)15)6-3-4-13(2)9(6)12-5/h3-4H,11H2,1-2H3,(H,14,15). The number of aromatic carboxylic acids is 1. The molecule has 0 aliphatic carbocycles. The molecule has 15 heavy (non-hydrogen) atoms. The normalized spacial score (nSPS) is 10.8. The van der Waals surface area contributed by atoms with Crippen LogP contribution in [0.3, 0.4) is 0 Å². The third-order valence-electron chi connectivity index (χ3n) is 2.46. The number of carboxylic acid groups (broad SMARTS) is 1. The first kappa shape index (κ1) is 9.51. The van der Waals surface area contributed by atoms with Crippen molar-refractivity contribution in [1.82, 2.24) is 9.55 Å². The molecule has 0 bridgehead atoms. The summed E-state index contributed by atoms with van der Waals surface area (Å²) in [7, 11) is 1.82. The van der Waals surface area contributed by atoms with Crippen molar-refractivity contribution in [3.8, 4) is 0 Å². The summed E-state index contributed by atoms with van der Waals surface area (Å²) in [5.74, 6) is -1.02. The average Bonchev–Trinajstić information content (AvgIpc) is 2.49. The molecule has 78 valence electrons. The molecule has 0 aliphatic rings. The van der Waals surface area contributed by atoms with E-state index in [0.717, 1.165) is 0 Å². The van der Waals surface area contributed by atoms with Crippen molar-refractivity contribution < 1.29 is 9.90 Å². The van der Waals surface area contributed by atoms with Crippen molar-refractivity contribution in [3.05, 3.63) is 23.5 Å². The molecule has 0 fully saturated rings. The second kappa shape index (κ2) is 2.98. The summed E-state index contributed by atoms with van der Waals surface area (Å²) in [4.78, 5) is 15.3. The third-order valence-corrected chi connectivity index (χ3v) is 2.46. The molecule has 0 amide bonds. The van der Waals surface area contributed by atoms with Crippen LogP contribution in [0.2, 0.25) is 0 Å². The zero-order chi connectivity index (χ0) is 11.2. The Kier molecular flexibility index (Phi) is 1.89. The Hall–Kier alpha value is -2.04. The zero-order valence-corrected chi connectivity index (χ0v) is 8.48. The predicted octanol–water partition coefficient (Wildman–Crippen LogP) is 1.16. The molecule has 0 saturated carbocycles. The Morgan fingerprint density at radius 2 is 2.27 bits per heavy atom. The smallest absolute Gasteiger partial charge is 0.338 e. The van der Waals surface area contributed by atoms with Crippen molar-refractivity contribution in [2.45, 2.75) is 6.92 Å². The number of nitrogens with two attached hydrogens (primary N) is 1. The number of nitrogen functional groups attached to an aromatic ring is 1. The Bertz CT molecular complexity index is 557. The van der Waals surface area contributed by atoms with Crippen LogP contribution in [-0.4, -0.2) is 20.6 Å². The lowest BCUT2D eigenvalue weighted by Crippen LogP contribution is -2.07. The third kappa shape index (κ3) is 1.24. The van der Waals surface area contributed by atoms with Gasteiger partial charge in [-0.05, 0) is 13.0 Å². The molecular weight excluding hydrogens is 194 g/mol. The van der Waals surface area contributed by atoms with Gasteiger partial charge in [-0.3, -0.25) is 0 Å². The van der Waals surface area contributed by atoms with Gasteiger partial charge in [-0.2, -0.15) is 0 Å². The van der Waals surface area contributed by atoms with Gasteiger partial charge in [0.15, 0.2) is 0 Å². The lowest BCUT2D eigenvalue weighted by molar-refractivity contribution is 0.0700. The number of aromatic nitrogens is 2. The molecule has 0 atom stereocenters. The monoisotopic (exact) mass is 205 g/mol. The van der Waals surface area contributed by atoms with Crippen molar-refractivity contribution in [2.24, 2.45) is 7.05 Å². The number of rotatable bonds is 1. The van der Waals surface area contributed by atoms with E-state index >= 15 is 0 Å². The first-order chi connectivity index (χ1) is 7.02. The minimum absolute atomic E-state index is 0.137. The molecule has 2 heterocycles. The van der Waals surface area contributed by atoms with Crippen LogP contribution in [0, 0.1) is 6.92 Å². The zero-order valence-electron chi connectivity index (χ0n) is 8.48. The Balaban J connectivity index is 2.97. The number of aryl methyl sites for hydroxylation is 2. The lowest BCUT2D eigenvalue weighted by Gasteiger charge is -2.06. The molecule has 5 nitrogen and oxygen atoms in total. The summed E-state index contributed by atoms with van der Waals surface area (Å²) in [5.41, 5.74) is 7.26. The number of hydrogen-bond donors (Lipinski definition) is 2. The quantitative estimate of drug-likeness (QED) is 0.732. The summed E-state index contributed by atoms with van der Waals surface area (Å²) in [5, 5.41) is 9.66. The van der Waals surface area contributed by atoms with Crippen LogP contribution < -0.4 is 5.73 Å². The number of nitrogens with zero attached hydrogens (tertiary/aromatic N) is 2. The van der Waals surface area contributed by atoms with E-state index in [2.05, 4.69) is 4.98 Å². The predicted molar refractivity (Wildman–Crippen MR) is 56.8 cm³/mol. The van der Waals surface area contributed by atoms with E-state index in [4.69, 9.17) is 10.8 Å². The van der Waals surface area contributed by atoms with Gasteiger partial charge in [-0.1, -0.05) is 0 Å². The van der Waals surface area contributed by atoms with Crippen molar-refractivity contribution in [2.75, 3.05) is 5.73 Å². The van der Waals surface area contributed by atoms with Gasteiger partial charge in [0, 0.05) is 18.6 Å². The van der Waals surface area contributed by atoms with E-state index in [0.29, 0.717) is 16.7 Å². The highest BCUT2D eigenvalue weighted by Gasteiger charge is 2.17. The lowest BCUT2D eigenvalue weighted by atomic mass is 10.1. The van der Waals surface area contributed by atoms with Crippen LogP contribution >= 0.6 is 0 Å². The highest BCUT2D eigenvalue weighted by molar-refractivity contribution is 6.07. The van der Waals surface area contributed by atoms with E-state index < -0.39 is 5.97 Å². The molecule has 0 saturated heterocycles. The fourth-order valence-corrected chi connectivity index (χ4v) is 1.63. The molecule has 0 aliphatic heterocycles. The fraction of sp³-hybridized carbons (Fsp3) is 0.200. The highest BCUT2D eigenvalue weighted by Crippen LogP contribution is 2.25. The largest absolute Gasteiger partial charge is 0.478 e. The van der Waals surface area contributed by atoms with Crippen LogP contribution in [-0.2, 0) is 7.05 Å². The Morgan fingerprint density at radius 1 is 1.60 bits per heavy atom. The topological polar surface area (TPSA) is 81.1 Å². The minimum Gasteiger partial charge on any atom is -0.478 e. The summed E-state index contributed by atoms with van der Waals surface area (Å²) in [6.07, 6.45) is 1.77. The van der Waals surface area contributed by atoms with Crippen LogP contribution in [0.1, 0.15) is 16.1 Å². The molecule has 0 unspecified atom stereocenters. The maximum atomic E-state index is 11.1.